The molecular weight excluding hydrogens is 226 g/mol. The quantitative estimate of drug-likeness (QED) is 0.762. The molecule has 0 aliphatic heterocycles. The summed E-state index contributed by atoms with van der Waals surface area (Å²) < 4.78 is 5.43. The Morgan fingerprint density at radius 1 is 1.17 bits per heavy atom. The number of rotatable bonds is 3. The molecule has 0 aliphatic carbocycles. The molecule has 1 aromatic carbocycles. The van der Waals surface area contributed by atoms with E-state index in [1.807, 2.05) is 37.3 Å². The Kier molecular flexibility index (Phi) is 2.68. The highest BCUT2D eigenvalue weighted by molar-refractivity contribution is 5.90. The largest absolute Gasteiger partial charge is 0.444 e. The van der Waals surface area contributed by atoms with Crippen molar-refractivity contribution in [2.75, 3.05) is 5.32 Å². The van der Waals surface area contributed by atoms with E-state index in [9.17, 15) is 0 Å². The van der Waals surface area contributed by atoms with Gasteiger partial charge < -0.3 is 9.73 Å². The number of nitrogens with zero attached hydrogens (tertiary/aromatic N) is 2. The second-order valence-corrected chi connectivity index (χ2v) is 4.09. The van der Waals surface area contributed by atoms with E-state index in [1.165, 1.54) is 0 Å². The number of pyridine rings is 1. The molecule has 1 N–H and O–H groups in total. The fraction of sp³-hybridized carbons (Fsp3) is 0.143. The van der Waals surface area contributed by atoms with Gasteiger partial charge in [-0.05, 0) is 19.1 Å². The van der Waals surface area contributed by atoms with Crippen LogP contribution in [0.4, 0.5) is 5.69 Å². The molecule has 0 saturated carbocycles. The molecule has 0 aliphatic rings. The van der Waals surface area contributed by atoms with E-state index in [2.05, 4.69) is 15.3 Å². The number of nitrogens with one attached hydrogen (secondary N) is 1. The summed E-state index contributed by atoms with van der Waals surface area (Å²) in [5, 5.41) is 4.42. The number of fused-ring (bicyclic) bond motifs is 1. The lowest BCUT2D eigenvalue weighted by Gasteiger charge is -2.07. The van der Waals surface area contributed by atoms with Crippen molar-refractivity contribution in [1.82, 2.24) is 9.97 Å². The van der Waals surface area contributed by atoms with E-state index in [1.54, 1.807) is 12.4 Å². The highest BCUT2D eigenvalue weighted by atomic mass is 16.4. The Morgan fingerprint density at radius 3 is 2.89 bits per heavy atom. The van der Waals surface area contributed by atoms with Gasteiger partial charge in [0.2, 0.25) is 5.89 Å². The van der Waals surface area contributed by atoms with Gasteiger partial charge in [0.1, 0.15) is 5.76 Å². The van der Waals surface area contributed by atoms with E-state index >= 15 is 0 Å². The van der Waals surface area contributed by atoms with Gasteiger partial charge >= 0.3 is 0 Å². The van der Waals surface area contributed by atoms with Crippen LogP contribution >= 0.6 is 0 Å². The van der Waals surface area contributed by atoms with Crippen molar-refractivity contribution >= 4 is 16.6 Å². The molecule has 2 aromatic heterocycles. The predicted octanol–water partition coefficient (Wildman–Crippen LogP) is 3.14. The molecule has 4 heteroatoms. The van der Waals surface area contributed by atoms with Crippen molar-refractivity contribution in [3.05, 3.63) is 54.4 Å². The van der Waals surface area contributed by atoms with Crippen LogP contribution in [0.1, 0.15) is 11.7 Å². The van der Waals surface area contributed by atoms with Gasteiger partial charge in [0, 0.05) is 17.3 Å². The SMILES string of the molecule is Cc1cnc(CNc2ccnc3ccccc23)o1. The lowest BCUT2D eigenvalue weighted by Crippen LogP contribution is -2.00. The average Bonchev–Trinajstić information content (AvgIpc) is 2.82. The van der Waals surface area contributed by atoms with E-state index in [0.29, 0.717) is 12.4 Å². The fourth-order valence-corrected chi connectivity index (χ4v) is 1.90. The summed E-state index contributed by atoms with van der Waals surface area (Å²) in [6.07, 6.45) is 3.52. The van der Waals surface area contributed by atoms with E-state index < -0.39 is 0 Å². The molecule has 0 unspecified atom stereocenters. The third-order valence-corrected chi connectivity index (χ3v) is 2.75. The van der Waals surface area contributed by atoms with Crippen LogP contribution in [-0.4, -0.2) is 9.97 Å². The zero-order chi connectivity index (χ0) is 12.4. The third-order valence-electron chi connectivity index (χ3n) is 2.75. The van der Waals surface area contributed by atoms with Crippen LogP contribution in [-0.2, 0) is 6.54 Å². The van der Waals surface area contributed by atoms with Gasteiger partial charge in [-0.2, -0.15) is 0 Å². The molecule has 0 bridgehead atoms. The number of para-hydroxylation sites is 1. The number of anilines is 1. The minimum absolute atomic E-state index is 0.571. The van der Waals surface area contributed by atoms with Gasteiger partial charge in [-0.25, -0.2) is 4.98 Å². The maximum Gasteiger partial charge on any atom is 0.213 e. The number of benzene rings is 1. The topological polar surface area (TPSA) is 51.0 Å². The molecule has 90 valence electrons. The average molecular weight is 239 g/mol. The van der Waals surface area contributed by atoms with Crippen molar-refractivity contribution < 1.29 is 4.42 Å². The van der Waals surface area contributed by atoms with Crippen molar-refractivity contribution in [3.63, 3.8) is 0 Å². The molecule has 0 saturated heterocycles. The zero-order valence-corrected chi connectivity index (χ0v) is 10.1. The molecule has 3 aromatic rings. The molecular formula is C14H13N3O. The van der Waals surface area contributed by atoms with Gasteiger partial charge in [-0.15, -0.1) is 0 Å². The number of aryl methyl sites for hydroxylation is 1. The Bertz CT molecular complexity index is 670. The van der Waals surface area contributed by atoms with Gasteiger partial charge in [-0.1, -0.05) is 18.2 Å². The Hall–Kier alpha value is -2.36. The molecule has 4 nitrogen and oxygen atoms in total. The number of hydrogen-bond acceptors (Lipinski definition) is 4. The lowest BCUT2D eigenvalue weighted by molar-refractivity contribution is 0.479. The number of hydrogen-bond donors (Lipinski definition) is 1. The Balaban J connectivity index is 1.86. The third kappa shape index (κ3) is 2.05. The van der Waals surface area contributed by atoms with Crippen LogP contribution in [0.3, 0.4) is 0 Å². The maximum absolute atomic E-state index is 5.43. The van der Waals surface area contributed by atoms with Crippen LogP contribution in [0.15, 0.2) is 47.1 Å². The van der Waals surface area contributed by atoms with Gasteiger partial charge in [0.25, 0.3) is 0 Å². The van der Waals surface area contributed by atoms with Gasteiger partial charge in [0.15, 0.2) is 0 Å². The maximum atomic E-state index is 5.43. The van der Waals surface area contributed by atoms with Gasteiger partial charge in [0.05, 0.1) is 18.3 Å². The summed E-state index contributed by atoms with van der Waals surface area (Å²) in [7, 11) is 0. The first-order chi connectivity index (χ1) is 8.83. The van der Waals surface area contributed by atoms with Crippen LogP contribution in [0.2, 0.25) is 0 Å². The van der Waals surface area contributed by atoms with Crippen LogP contribution in [0.25, 0.3) is 10.9 Å². The first-order valence-electron chi connectivity index (χ1n) is 5.82. The minimum Gasteiger partial charge on any atom is -0.444 e. The smallest absolute Gasteiger partial charge is 0.213 e. The molecule has 3 rings (SSSR count). The standard InChI is InChI=1S/C14H13N3O/c1-10-8-17-14(18-10)9-16-13-6-7-15-12-5-3-2-4-11(12)13/h2-8H,9H2,1H3,(H,15,16). The van der Waals surface area contributed by atoms with E-state index in [0.717, 1.165) is 22.4 Å². The zero-order valence-electron chi connectivity index (χ0n) is 10.1. The molecule has 0 radical (unpaired) electrons. The predicted molar refractivity (Wildman–Crippen MR) is 70.3 cm³/mol. The normalized spacial score (nSPS) is 10.7. The van der Waals surface area contributed by atoms with Crippen LogP contribution in [0.5, 0.6) is 0 Å². The highest BCUT2D eigenvalue weighted by Crippen LogP contribution is 2.21. The number of aromatic nitrogens is 2. The minimum atomic E-state index is 0.571. The highest BCUT2D eigenvalue weighted by Gasteiger charge is 2.03. The lowest BCUT2D eigenvalue weighted by atomic mass is 10.2. The second kappa shape index (κ2) is 4.49. The molecule has 2 heterocycles. The summed E-state index contributed by atoms with van der Waals surface area (Å²) in [5.41, 5.74) is 2.02. The summed E-state index contributed by atoms with van der Waals surface area (Å²) in [5.74, 6) is 1.51. The molecule has 0 spiro atoms. The number of oxazole rings is 1. The van der Waals surface area contributed by atoms with E-state index in [-0.39, 0.29) is 0 Å². The molecule has 18 heavy (non-hydrogen) atoms. The van der Waals surface area contributed by atoms with E-state index in [4.69, 9.17) is 4.42 Å². The van der Waals surface area contributed by atoms with Crippen molar-refractivity contribution in [2.45, 2.75) is 13.5 Å². The second-order valence-electron chi connectivity index (χ2n) is 4.09. The van der Waals surface area contributed by atoms with Crippen LogP contribution < -0.4 is 5.32 Å². The van der Waals surface area contributed by atoms with Crippen molar-refractivity contribution in [2.24, 2.45) is 0 Å². The molecule has 0 amide bonds. The van der Waals surface area contributed by atoms with Crippen molar-refractivity contribution in [1.29, 1.82) is 0 Å². The van der Waals surface area contributed by atoms with Crippen LogP contribution in [0, 0.1) is 6.92 Å². The monoisotopic (exact) mass is 239 g/mol. The fourth-order valence-electron chi connectivity index (χ4n) is 1.90. The summed E-state index contributed by atoms with van der Waals surface area (Å²) in [6, 6.07) is 9.99. The summed E-state index contributed by atoms with van der Waals surface area (Å²) >= 11 is 0. The van der Waals surface area contributed by atoms with Crippen molar-refractivity contribution in [3.8, 4) is 0 Å². The first-order valence-corrected chi connectivity index (χ1v) is 5.82. The molecule has 0 fully saturated rings. The Labute approximate surface area is 105 Å². The molecule has 0 atom stereocenters. The van der Waals surface area contributed by atoms with Gasteiger partial charge in [-0.3, -0.25) is 4.98 Å². The first kappa shape index (κ1) is 10.8. The summed E-state index contributed by atoms with van der Waals surface area (Å²) in [6.45, 7) is 2.46. The Morgan fingerprint density at radius 2 is 2.06 bits per heavy atom. The summed E-state index contributed by atoms with van der Waals surface area (Å²) in [4.78, 5) is 8.49.